The van der Waals surface area contributed by atoms with E-state index in [2.05, 4.69) is 57.4 Å². The summed E-state index contributed by atoms with van der Waals surface area (Å²) in [5.74, 6) is 0.141. The number of fused-ring (bicyclic) bond motifs is 2. The largest absolute Gasteiger partial charge is 0.744 e. The zero-order valence-electron chi connectivity index (χ0n) is 30.0. The molecule has 0 spiro atoms. The van der Waals surface area contributed by atoms with E-state index >= 15 is 0 Å². The number of allylic oxidation sites excluding steroid dienone is 5. The van der Waals surface area contributed by atoms with E-state index in [0.29, 0.717) is 23.4 Å². The first-order valence-electron chi connectivity index (χ1n) is 17.0. The lowest BCUT2D eigenvalue weighted by molar-refractivity contribution is -0.137. The number of anilines is 1. The average molecular weight is 741 g/mol. The molecule has 1 aromatic rings. The Morgan fingerprint density at radius 3 is 2.31 bits per heavy atom. The molecule has 1 atom stereocenters. The summed E-state index contributed by atoms with van der Waals surface area (Å²) in [5.41, 5.74) is 2.52. The molecule has 1 aromatic carbocycles. The van der Waals surface area contributed by atoms with E-state index in [-0.39, 0.29) is 31.2 Å². The van der Waals surface area contributed by atoms with E-state index in [0.717, 1.165) is 41.1 Å². The Balaban J connectivity index is 1.79. The summed E-state index contributed by atoms with van der Waals surface area (Å²) >= 11 is 0. The van der Waals surface area contributed by atoms with Crippen LogP contribution in [0.5, 0.6) is 0 Å². The van der Waals surface area contributed by atoms with Crippen molar-refractivity contribution in [3.8, 4) is 11.3 Å². The third-order valence-electron chi connectivity index (χ3n) is 9.25. The molecule has 2 N–H and O–H groups in total. The predicted molar refractivity (Wildman–Crippen MR) is 198 cm³/mol. The second kappa shape index (κ2) is 15.7. The monoisotopic (exact) mass is 740 g/mol. The predicted octanol–water partition coefficient (Wildman–Crippen LogP) is 6.16. The van der Waals surface area contributed by atoms with Gasteiger partial charge in [0.2, 0.25) is 5.36 Å². The third kappa shape index (κ3) is 9.65. The first-order chi connectivity index (χ1) is 23.8. The molecule has 0 amide bonds. The topological polar surface area (TPSA) is 168 Å². The van der Waals surface area contributed by atoms with E-state index < -0.39 is 42.3 Å². The minimum Gasteiger partial charge on any atom is -0.744 e. The van der Waals surface area contributed by atoms with Crippen LogP contribution in [-0.4, -0.2) is 62.4 Å². The minimum absolute atomic E-state index is 0.0598. The fourth-order valence-corrected chi connectivity index (χ4v) is 7.54. The quantitative estimate of drug-likeness (QED) is 0.111. The molecular formula is C38H48N2O9S2. The van der Waals surface area contributed by atoms with Crippen LogP contribution >= 0.6 is 0 Å². The molecule has 51 heavy (non-hydrogen) atoms. The van der Waals surface area contributed by atoms with Gasteiger partial charge in [0.1, 0.15) is 34.7 Å². The molecule has 11 nitrogen and oxygen atoms in total. The summed E-state index contributed by atoms with van der Waals surface area (Å²) in [4.78, 5) is 12.9. The second-order valence-corrected chi connectivity index (χ2v) is 16.9. The molecule has 0 saturated carbocycles. The van der Waals surface area contributed by atoms with Crippen LogP contribution in [0, 0.1) is 0 Å². The van der Waals surface area contributed by atoms with Crippen molar-refractivity contribution in [3.05, 3.63) is 94.7 Å². The maximum absolute atomic E-state index is 12.0. The Bertz CT molecular complexity index is 2120. The molecular weight excluding hydrogens is 693 g/mol. The van der Waals surface area contributed by atoms with Crippen molar-refractivity contribution in [1.29, 1.82) is 0 Å². The molecule has 2 aliphatic heterocycles. The third-order valence-corrected chi connectivity index (χ3v) is 10.9. The van der Waals surface area contributed by atoms with Gasteiger partial charge in [-0.25, -0.2) is 13.0 Å². The molecule has 1 unspecified atom stereocenters. The summed E-state index contributed by atoms with van der Waals surface area (Å²) in [6, 6.07) is 12.3. The molecule has 13 heteroatoms. The molecule has 0 aromatic heterocycles. The summed E-state index contributed by atoms with van der Waals surface area (Å²) in [5, 5.41) is 10.4. The van der Waals surface area contributed by atoms with Gasteiger partial charge in [0.25, 0.3) is 10.1 Å². The van der Waals surface area contributed by atoms with Crippen molar-refractivity contribution in [2.75, 3.05) is 30.3 Å². The van der Waals surface area contributed by atoms with E-state index in [4.69, 9.17) is 4.42 Å². The van der Waals surface area contributed by atoms with Crippen LogP contribution in [0.2, 0.25) is 0 Å². The van der Waals surface area contributed by atoms with E-state index in [1.165, 1.54) is 18.2 Å². The number of carbonyl (C=O) groups is 1. The number of hydrogen-bond acceptors (Lipinski definition) is 8. The highest BCUT2D eigenvalue weighted by atomic mass is 32.2. The second-order valence-electron chi connectivity index (χ2n) is 14.0. The van der Waals surface area contributed by atoms with Crippen molar-refractivity contribution in [2.45, 2.75) is 83.0 Å². The number of hydrogen-bond donors (Lipinski definition) is 2. The number of nitrogens with zero attached hydrogens (tertiary/aromatic N) is 2. The number of rotatable bonds is 14. The Hall–Kier alpha value is -4.04. The highest BCUT2D eigenvalue weighted by molar-refractivity contribution is 7.86. The van der Waals surface area contributed by atoms with Gasteiger partial charge in [-0.15, -0.1) is 0 Å². The number of carboxylic acid groups (broad SMARTS) is 1. The molecule has 3 aliphatic rings. The Kier molecular flexibility index (Phi) is 12.2. The van der Waals surface area contributed by atoms with Crippen LogP contribution in [0.1, 0.15) is 84.1 Å². The fraction of sp³-hybridized carbons (Fsp3) is 0.421. The van der Waals surface area contributed by atoms with Gasteiger partial charge in [-0.2, -0.15) is 8.42 Å². The zero-order valence-corrected chi connectivity index (χ0v) is 31.7. The van der Waals surface area contributed by atoms with E-state index in [1.54, 1.807) is 0 Å². The van der Waals surface area contributed by atoms with Crippen LogP contribution in [0.15, 0.2) is 81.8 Å². The van der Waals surface area contributed by atoms with Crippen molar-refractivity contribution < 1.29 is 40.3 Å². The van der Waals surface area contributed by atoms with E-state index in [9.17, 15) is 35.8 Å². The lowest BCUT2D eigenvalue weighted by Crippen LogP contribution is -2.30. The number of carboxylic acids is 1. The number of benzene rings is 2. The van der Waals surface area contributed by atoms with Crippen molar-refractivity contribution in [1.82, 2.24) is 4.58 Å². The molecule has 2 heterocycles. The summed E-state index contributed by atoms with van der Waals surface area (Å²) in [7, 11) is -9.04. The lowest BCUT2D eigenvalue weighted by Gasteiger charge is -2.30. The first kappa shape index (κ1) is 39.7. The smallest absolute Gasteiger partial charge is 0.303 e. The van der Waals surface area contributed by atoms with Gasteiger partial charge >= 0.3 is 5.97 Å². The van der Waals surface area contributed by atoms with Gasteiger partial charge in [0, 0.05) is 46.8 Å². The van der Waals surface area contributed by atoms with Crippen LogP contribution in [-0.2, 0) is 35.9 Å². The van der Waals surface area contributed by atoms with Gasteiger partial charge in [-0.1, -0.05) is 45.1 Å². The van der Waals surface area contributed by atoms with E-state index in [1.807, 2.05) is 48.3 Å². The van der Waals surface area contributed by atoms with Crippen molar-refractivity contribution in [3.63, 3.8) is 0 Å². The lowest BCUT2D eigenvalue weighted by atomic mass is 9.77. The molecule has 276 valence electrons. The van der Waals surface area contributed by atoms with Crippen molar-refractivity contribution in [2.24, 2.45) is 0 Å². The molecule has 1 aliphatic carbocycles. The maximum atomic E-state index is 12.0. The highest BCUT2D eigenvalue weighted by Gasteiger charge is 2.43. The first-order valence-corrected chi connectivity index (χ1v) is 20.1. The minimum atomic E-state index is -4.79. The van der Waals surface area contributed by atoms with Crippen LogP contribution < -0.4 is 14.8 Å². The van der Waals surface area contributed by atoms with Crippen LogP contribution in [0.4, 0.5) is 5.69 Å². The molecule has 0 bridgehead atoms. The zero-order chi connectivity index (χ0) is 37.8. The van der Waals surface area contributed by atoms with Gasteiger partial charge in [0.15, 0.2) is 0 Å². The Morgan fingerprint density at radius 2 is 1.71 bits per heavy atom. The fourth-order valence-electron chi connectivity index (χ4n) is 6.55. The van der Waals surface area contributed by atoms with Crippen LogP contribution in [0.25, 0.3) is 17.4 Å². The standard InChI is InChI=1S/C38H48N2O9S2/c1-7-39(8-2)28-17-19-30-27(24-35(37(3,4)5)49-33(30)25-28)14-10-9-11-15-34-38(6,21-12-16-36(41)42)31-26-29(51(46,47)48)18-20-32(31)40(34)22-13-23-50(43,44)45/h9-11,14-15,17-20,24-26H,7-8,12-13,16,21-23H2,1-6H3,(H2-,41,42,43,44,45,46,47,48). The molecule has 0 fully saturated rings. The average Bonchev–Trinajstić information content (AvgIpc) is 3.25. The summed E-state index contributed by atoms with van der Waals surface area (Å²) in [6.45, 7) is 14.3. The Labute approximate surface area is 301 Å². The summed E-state index contributed by atoms with van der Waals surface area (Å²) < 4.78 is 77.2. The van der Waals surface area contributed by atoms with Gasteiger partial charge in [-0.3, -0.25) is 9.35 Å². The highest BCUT2D eigenvalue weighted by Crippen LogP contribution is 2.51. The van der Waals surface area contributed by atoms with Gasteiger partial charge in [-0.05, 0) is 87.6 Å². The maximum Gasteiger partial charge on any atom is 0.303 e. The van der Waals surface area contributed by atoms with Crippen molar-refractivity contribution >= 4 is 38.0 Å². The van der Waals surface area contributed by atoms with Gasteiger partial charge in [0.05, 0.1) is 16.7 Å². The normalized spacial score (nSPS) is 17.6. The Morgan fingerprint density at radius 1 is 1.00 bits per heavy atom. The van der Waals surface area contributed by atoms with Crippen LogP contribution in [0.3, 0.4) is 0 Å². The molecule has 4 rings (SSSR count). The molecule has 0 saturated heterocycles. The van der Waals surface area contributed by atoms with Gasteiger partial charge < -0.3 is 19.0 Å². The summed E-state index contributed by atoms with van der Waals surface area (Å²) in [6.07, 6.45) is 9.88. The number of aliphatic carboxylic acids is 1. The molecule has 0 radical (unpaired) electrons. The SMILES string of the molecule is CC[N+](CC)=c1ccc2c(C=CC=CC=C3N(CCCS(=O)(=O)O)c4ccc(S(=O)(=O)[O-])cc4C3(C)CCCC(=O)O)cc(C(C)(C)C)oc-2c1.